The first-order valence-corrected chi connectivity index (χ1v) is 6.93. The molecule has 0 N–H and O–H groups in total. The molecule has 4 heteroatoms. The Morgan fingerprint density at radius 1 is 0.909 bits per heavy atom. The van der Waals surface area contributed by atoms with Gasteiger partial charge in [0.15, 0.2) is 5.78 Å². The fourth-order valence-corrected chi connectivity index (χ4v) is 2.00. The molecule has 0 fully saturated rings. The van der Waals surface area contributed by atoms with E-state index in [0.29, 0.717) is 11.3 Å². The van der Waals surface area contributed by atoms with Crippen molar-refractivity contribution < 1.29 is 19.1 Å². The number of Topliss-reactive ketones (excluding diaryl/α,β-unsaturated/α-hetero) is 2. The summed E-state index contributed by atoms with van der Waals surface area (Å²) in [4.78, 5) is 36.0. The van der Waals surface area contributed by atoms with Crippen molar-refractivity contribution >= 4 is 17.5 Å². The topological polar surface area (TPSA) is 60.4 Å². The molecular formula is C18H16O4. The van der Waals surface area contributed by atoms with Crippen molar-refractivity contribution in [2.75, 3.05) is 0 Å². The van der Waals surface area contributed by atoms with Gasteiger partial charge in [-0.05, 0) is 19.1 Å². The quantitative estimate of drug-likeness (QED) is 0.356. The number of carbonyl (C=O) groups excluding carboxylic acids is 3. The molecule has 0 aromatic heterocycles. The highest BCUT2D eigenvalue weighted by molar-refractivity contribution is 6.05. The SMILES string of the molecule is CC(=O)C(CC(=O)c1ccccc1)C(=O)Oc1ccccc1. The molecule has 1 atom stereocenters. The minimum Gasteiger partial charge on any atom is -0.426 e. The van der Waals surface area contributed by atoms with Crippen LogP contribution in [0.1, 0.15) is 23.7 Å². The van der Waals surface area contributed by atoms with E-state index in [4.69, 9.17) is 4.74 Å². The van der Waals surface area contributed by atoms with Crippen LogP contribution in [0.15, 0.2) is 60.7 Å². The van der Waals surface area contributed by atoms with Crippen molar-refractivity contribution in [2.24, 2.45) is 5.92 Å². The normalized spacial score (nSPS) is 11.5. The van der Waals surface area contributed by atoms with Crippen molar-refractivity contribution in [3.63, 3.8) is 0 Å². The van der Waals surface area contributed by atoms with Crippen LogP contribution in [0.25, 0.3) is 0 Å². The molecule has 0 aliphatic heterocycles. The molecule has 0 heterocycles. The van der Waals surface area contributed by atoms with E-state index in [9.17, 15) is 14.4 Å². The monoisotopic (exact) mass is 296 g/mol. The number of rotatable bonds is 6. The summed E-state index contributed by atoms with van der Waals surface area (Å²) in [5.74, 6) is -2.09. The third-order valence-corrected chi connectivity index (χ3v) is 3.22. The number of carbonyl (C=O) groups is 3. The van der Waals surface area contributed by atoms with Gasteiger partial charge in [0.1, 0.15) is 17.5 Å². The predicted molar refractivity (Wildman–Crippen MR) is 81.6 cm³/mol. The third-order valence-electron chi connectivity index (χ3n) is 3.22. The first-order valence-electron chi connectivity index (χ1n) is 6.93. The summed E-state index contributed by atoms with van der Waals surface area (Å²) in [6.45, 7) is 1.29. The molecule has 1 unspecified atom stereocenters. The molecule has 0 saturated carbocycles. The number of hydrogen-bond donors (Lipinski definition) is 0. The van der Waals surface area contributed by atoms with E-state index in [2.05, 4.69) is 0 Å². The minimum absolute atomic E-state index is 0.189. The molecular weight excluding hydrogens is 280 g/mol. The van der Waals surface area contributed by atoms with Crippen LogP contribution in [0.5, 0.6) is 5.75 Å². The van der Waals surface area contributed by atoms with Gasteiger partial charge in [-0.1, -0.05) is 48.5 Å². The number of ketones is 2. The number of hydrogen-bond acceptors (Lipinski definition) is 4. The van der Waals surface area contributed by atoms with Crippen molar-refractivity contribution in [3.05, 3.63) is 66.2 Å². The summed E-state index contributed by atoms with van der Waals surface area (Å²) in [5.41, 5.74) is 0.473. The largest absolute Gasteiger partial charge is 0.426 e. The maximum atomic E-state index is 12.2. The van der Waals surface area contributed by atoms with Crippen LogP contribution in [0, 0.1) is 5.92 Å². The Labute approximate surface area is 128 Å². The number of para-hydroxylation sites is 1. The van der Waals surface area contributed by atoms with Crippen LogP contribution in [-0.2, 0) is 9.59 Å². The highest BCUT2D eigenvalue weighted by Crippen LogP contribution is 2.16. The molecule has 0 aliphatic carbocycles. The number of esters is 1. The molecule has 0 aliphatic rings. The second kappa shape index (κ2) is 7.31. The predicted octanol–water partition coefficient (Wildman–Crippen LogP) is 3.07. The maximum Gasteiger partial charge on any atom is 0.322 e. The molecule has 0 spiro atoms. The summed E-state index contributed by atoms with van der Waals surface area (Å²) in [5, 5.41) is 0. The molecule has 4 nitrogen and oxygen atoms in total. The second-order valence-electron chi connectivity index (χ2n) is 4.89. The van der Waals surface area contributed by atoms with Crippen LogP contribution in [0.3, 0.4) is 0 Å². The lowest BCUT2D eigenvalue weighted by Crippen LogP contribution is -2.29. The average molecular weight is 296 g/mol. The molecule has 112 valence electrons. The molecule has 2 rings (SSSR count). The fourth-order valence-electron chi connectivity index (χ4n) is 2.00. The van der Waals surface area contributed by atoms with Gasteiger partial charge < -0.3 is 4.74 Å². The molecule has 0 radical (unpaired) electrons. The van der Waals surface area contributed by atoms with Gasteiger partial charge in [-0.25, -0.2) is 0 Å². The summed E-state index contributed by atoms with van der Waals surface area (Å²) in [6, 6.07) is 17.0. The maximum absolute atomic E-state index is 12.2. The van der Waals surface area contributed by atoms with Gasteiger partial charge in [0.25, 0.3) is 0 Å². The van der Waals surface area contributed by atoms with Crippen LogP contribution >= 0.6 is 0 Å². The zero-order chi connectivity index (χ0) is 15.9. The minimum atomic E-state index is -1.09. The zero-order valence-corrected chi connectivity index (χ0v) is 12.2. The highest BCUT2D eigenvalue weighted by Gasteiger charge is 2.28. The summed E-state index contributed by atoms with van der Waals surface area (Å²) in [7, 11) is 0. The molecule has 0 amide bonds. The van der Waals surface area contributed by atoms with Crippen molar-refractivity contribution in [1.82, 2.24) is 0 Å². The van der Waals surface area contributed by atoms with Gasteiger partial charge in [0, 0.05) is 12.0 Å². The Bertz CT molecular complexity index is 662. The second-order valence-corrected chi connectivity index (χ2v) is 4.89. The first kappa shape index (κ1) is 15.6. The lowest BCUT2D eigenvalue weighted by atomic mass is 9.95. The van der Waals surface area contributed by atoms with Crippen LogP contribution in [-0.4, -0.2) is 17.5 Å². The van der Waals surface area contributed by atoms with Crippen molar-refractivity contribution in [2.45, 2.75) is 13.3 Å². The standard InChI is InChI=1S/C18H16O4/c1-13(19)16(12-17(20)14-8-4-2-5-9-14)18(21)22-15-10-6-3-7-11-15/h2-11,16H,12H2,1H3. The molecule has 0 bridgehead atoms. The summed E-state index contributed by atoms with van der Waals surface area (Å²) in [6.07, 6.45) is -0.189. The Morgan fingerprint density at radius 2 is 1.45 bits per heavy atom. The Kier molecular flexibility index (Phi) is 5.20. The van der Waals surface area contributed by atoms with Gasteiger partial charge in [-0.2, -0.15) is 0 Å². The van der Waals surface area contributed by atoms with Crippen LogP contribution in [0.2, 0.25) is 0 Å². The number of ether oxygens (including phenoxy) is 1. The average Bonchev–Trinajstić information content (AvgIpc) is 2.53. The van der Waals surface area contributed by atoms with E-state index in [1.807, 2.05) is 0 Å². The van der Waals surface area contributed by atoms with Gasteiger partial charge in [0.2, 0.25) is 0 Å². The Morgan fingerprint density at radius 3 is 2.00 bits per heavy atom. The van der Waals surface area contributed by atoms with Crippen molar-refractivity contribution in [3.8, 4) is 5.75 Å². The van der Waals surface area contributed by atoms with E-state index in [0.717, 1.165) is 0 Å². The molecule has 22 heavy (non-hydrogen) atoms. The Balaban J connectivity index is 2.08. The molecule has 2 aromatic carbocycles. The van der Waals surface area contributed by atoms with E-state index in [1.54, 1.807) is 60.7 Å². The third kappa shape index (κ3) is 4.12. The van der Waals surface area contributed by atoms with E-state index in [1.165, 1.54) is 6.92 Å². The molecule has 0 saturated heterocycles. The van der Waals surface area contributed by atoms with E-state index < -0.39 is 11.9 Å². The highest BCUT2D eigenvalue weighted by atomic mass is 16.5. The zero-order valence-electron chi connectivity index (χ0n) is 12.2. The first-order chi connectivity index (χ1) is 10.6. The van der Waals surface area contributed by atoms with Gasteiger partial charge in [-0.3, -0.25) is 14.4 Å². The van der Waals surface area contributed by atoms with E-state index >= 15 is 0 Å². The summed E-state index contributed by atoms with van der Waals surface area (Å²) < 4.78 is 5.16. The van der Waals surface area contributed by atoms with E-state index in [-0.39, 0.29) is 18.0 Å². The summed E-state index contributed by atoms with van der Waals surface area (Å²) >= 11 is 0. The molecule has 2 aromatic rings. The van der Waals surface area contributed by atoms with Crippen molar-refractivity contribution in [1.29, 1.82) is 0 Å². The van der Waals surface area contributed by atoms with Gasteiger partial charge in [0.05, 0.1) is 0 Å². The van der Waals surface area contributed by atoms with Gasteiger partial charge >= 0.3 is 5.97 Å². The van der Waals surface area contributed by atoms with Crippen LogP contribution in [0.4, 0.5) is 0 Å². The van der Waals surface area contributed by atoms with Crippen LogP contribution < -0.4 is 4.74 Å². The number of benzene rings is 2. The van der Waals surface area contributed by atoms with Gasteiger partial charge in [-0.15, -0.1) is 0 Å². The Hall–Kier alpha value is -2.75. The lowest BCUT2D eigenvalue weighted by Gasteiger charge is -2.12. The lowest BCUT2D eigenvalue weighted by molar-refractivity contribution is -0.143. The fraction of sp³-hybridized carbons (Fsp3) is 0.167. The smallest absolute Gasteiger partial charge is 0.322 e.